The van der Waals surface area contributed by atoms with Gasteiger partial charge >= 0.3 is 0 Å². The van der Waals surface area contributed by atoms with Crippen molar-refractivity contribution >= 4 is 27.3 Å². The van der Waals surface area contributed by atoms with Crippen molar-refractivity contribution in [3.63, 3.8) is 0 Å². The first-order chi connectivity index (χ1) is 8.20. The average molecular weight is 314 g/mol. The third kappa shape index (κ3) is 3.18. The molecule has 0 saturated carbocycles. The van der Waals surface area contributed by atoms with E-state index in [2.05, 4.69) is 50.8 Å². The molecule has 0 aliphatic heterocycles. The van der Waals surface area contributed by atoms with Crippen LogP contribution in [-0.2, 0) is 13.5 Å². The summed E-state index contributed by atoms with van der Waals surface area (Å²) < 4.78 is 3.05. The van der Waals surface area contributed by atoms with Gasteiger partial charge < -0.3 is 5.32 Å². The number of aromatic nitrogens is 2. The van der Waals surface area contributed by atoms with Crippen LogP contribution in [0, 0.1) is 0 Å². The van der Waals surface area contributed by atoms with Gasteiger partial charge in [-0.05, 0) is 40.0 Å². The highest BCUT2D eigenvalue weighted by molar-refractivity contribution is 9.10. The maximum absolute atomic E-state index is 4.48. The Labute approximate surface area is 114 Å². The number of nitrogens with one attached hydrogen (secondary N) is 1. The van der Waals surface area contributed by atoms with Crippen LogP contribution in [0.25, 0.3) is 0 Å². The lowest BCUT2D eigenvalue weighted by Gasteiger charge is -2.15. The molecular formula is C12H16BrN3S. The monoisotopic (exact) mass is 313 g/mol. The molecule has 17 heavy (non-hydrogen) atoms. The Morgan fingerprint density at radius 3 is 2.88 bits per heavy atom. The number of aryl methyl sites for hydroxylation is 1. The topological polar surface area (TPSA) is 29.9 Å². The Hall–Kier alpha value is -0.650. The highest BCUT2D eigenvalue weighted by atomic mass is 79.9. The zero-order valence-corrected chi connectivity index (χ0v) is 12.4. The molecule has 0 aliphatic rings. The van der Waals surface area contributed by atoms with Crippen molar-refractivity contribution in [1.82, 2.24) is 15.1 Å². The largest absolute Gasteiger partial charge is 0.309 e. The molecule has 0 saturated heterocycles. The first-order valence-electron chi connectivity index (χ1n) is 5.65. The molecule has 0 aliphatic carbocycles. The van der Waals surface area contributed by atoms with Crippen LogP contribution in [0.5, 0.6) is 0 Å². The molecule has 5 heteroatoms. The van der Waals surface area contributed by atoms with E-state index in [0.29, 0.717) is 0 Å². The molecular weight excluding hydrogens is 298 g/mol. The van der Waals surface area contributed by atoms with Crippen LogP contribution in [0.4, 0.5) is 0 Å². The second-order valence-electron chi connectivity index (χ2n) is 3.92. The first kappa shape index (κ1) is 12.8. The van der Waals surface area contributed by atoms with Crippen LogP contribution in [-0.4, -0.2) is 16.3 Å². The van der Waals surface area contributed by atoms with E-state index in [1.54, 1.807) is 11.3 Å². The Balaban J connectivity index is 2.15. The van der Waals surface area contributed by atoms with Gasteiger partial charge in [0, 0.05) is 29.0 Å². The molecule has 0 bridgehead atoms. The molecule has 0 fully saturated rings. The highest BCUT2D eigenvalue weighted by Crippen LogP contribution is 2.27. The molecule has 0 amide bonds. The minimum absolute atomic E-state index is 0.288. The first-order valence-corrected chi connectivity index (χ1v) is 7.32. The molecule has 92 valence electrons. The van der Waals surface area contributed by atoms with E-state index in [-0.39, 0.29) is 6.04 Å². The number of hydrogen-bond acceptors (Lipinski definition) is 3. The summed E-state index contributed by atoms with van der Waals surface area (Å²) in [6.45, 7) is 3.07. The van der Waals surface area contributed by atoms with Gasteiger partial charge in [0.15, 0.2) is 0 Å². The van der Waals surface area contributed by atoms with Crippen molar-refractivity contribution in [1.29, 1.82) is 0 Å². The van der Waals surface area contributed by atoms with Gasteiger partial charge in [0.05, 0.1) is 11.7 Å². The third-order valence-corrected chi connectivity index (χ3v) is 4.57. The summed E-state index contributed by atoms with van der Waals surface area (Å²) in [5.74, 6) is 0. The quantitative estimate of drug-likeness (QED) is 0.919. The van der Waals surface area contributed by atoms with E-state index in [1.807, 2.05) is 17.9 Å². The van der Waals surface area contributed by atoms with Crippen molar-refractivity contribution in [3.8, 4) is 0 Å². The number of thiophene rings is 1. The second-order valence-corrected chi connectivity index (χ2v) is 5.78. The fourth-order valence-electron chi connectivity index (χ4n) is 1.80. The maximum atomic E-state index is 4.48. The molecule has 0 aromatic carbocycles. The molecule has 3 nitrogen and oxygen atoms in total. The van der Waals surface area contributed by atoms with Crippen molar-refractivity contribution in [2.45, 2.75) is 19.4 Å². The zero-order valence-electron chi connectivity index (χ0n) is 9.98. The molecule has 2 rings (SSSR count). The van der Waals surface area contributed by atoms with Crippen molar-refractivity contribution in [2.24, 2.45) is 7.05 Å². The molecule has 2 aromatic rings. The molecule has 2 aromatic heterocycles. The van der Waals surface area contributed by atoms with Gasteiger partial charge in [0.2, 0.25) is 0 Å². The third-order valence-electron chi connectivity index (χ3n) is 2.62. The summed E-state index contributed by atoms with van der Waals surface area (Å²) in [6.07, 6.45) is 2.96. The van der Waals surface area contributed by atoms with Gasteiger partial charge in [-0.3, -0.25) is 4.68 Å². The predicted molar refractivity (Wildman–Crippen MR) is 75.3 cm³/mol. The molecule has 1 N–H and O–H groups in total. The fourth-order valence-corrected chi connectivity index (χ4v) is 3.36. The van der Waals surface area contributed by atoms with Crippen LogP contribution in [0.1, 0.15) is 23.5 Å². The summed E-state index contributed by atoms with van der Waals surface area (Å²) in [6, 6.07) is 4.46. The van der Waals surface area contributed by atoms with E-state index in [1.165, 1.54) is 9.35 Å². The Bertz CT molecular complexity index is 478. The van der Waals surface area contributed by atoms with Gasteiger partial charge in [-0.1, -0.05) is 6.92 Å². The Kier molecular flexibility index (Phi) is 4.36. The number of nitrogens with zero attached hydrogens (tertiary/aromatic N) is 2. The minimum atomic E-state index is 0.288. The Morgan fingerprint density at radius 2 is 2.35 bits per heavy atom. The lowest BCUT2D eigenvalue weighted by Crippen LogP contribution is -2.23. The molecule has 1 atom stereocenters. The standard InChI is InChI=1S/C12H16BrN3S/c1-3-14-11(10-4-6-16(2)15-10)8-12-9(13)5-7-17-12/h4-7,11,14H,3,8H2,1-2H3. The van der Waals surface area contributed by atoms with Crippen LogP contribution >= 0.6 is 27.3 Å². The van der Waals surface area contributed by atoms with Crippen LogP contribution < -0.4 is 5.32 Å². The number of halogens is 1. The normalized spacial score (nSPS) is 12.9. The average Bonchev–Trinajstić information content (AvgIpc) is 2.88. The SMILES string of the molecule is CCNC(Cc1sccc1Br)c1ccn(C)n1. The van der Waals surface area contributed by atoms with Gasteiger partial charge in [0.1, 0.15) is 0 Å². The summed E-state index contributed by atoms with van der Waals surface area (Å²) in [7, 11) is 1.95. The summed E-state index contributed by atoms with van der Waals surface area (Å²) in [5.41, 5.74) is 1.11. The Morgan fingerprint density at radius 1 is 1.53 bits per heavy atom. The van der Waals surface area contributed by atoms with Gasteiger partial charge in [0.25, 0.3) is 0 Å². The highest BCUT2D eigenvalue weighted by Gasteiger charge is 2.15. The van der Waals surface area contributed by atoms with E-state index in [4.69, 9.17) is 0 Å². The summed E-state index contributed by atoms with van der Waals surface area (Å²) in [4.78, 5) is 1.36. The van der Waals surface area contributed by atoms with Gasteiger partial charge in [-0.15, -0.1) is 11.3 Å². The fraction of sp³-hybridized carbons (Fsp3) is 0.417. The van der Waals surface area contributed by atoms with E-state index in [0.717, 1.165) is 18.7 Å². The van der Waals surface area contributed by atoms with Crippen molar-refractivity contribution < 1.29 is 0 Å². The minimum Gasteiger partial charge on any atom is -0.309 e. The predicted octanol–water partition coefficient (Wildman–Crippen LogP) is 3.14. The summed E-state index contributed by atoms with van der Waals surface area (Å²) >= 11 is 5.36. The number of likely N-dealkylation sites (N-methyl/N-ethyl adjacent to an activating group) is 1. The van der Waals surface area contributed by atoms with Crippen molar-refractivity contribution in [3.05, 3.63) is 38.8 Å². The number of rotatable bonds is 5. The maximum Gasteiger partial charge on any atom is 0.0797 e. The summed E-state index contributed by atoms with van der Waals surface area (Å²) in [5, 5.41) is 10.1. The molecule has 0 spiro atoms. The lowest BCUT2D eigenvalue weighted by atomic mass is 10.1. The van der Waals surface area contributed by atoms with Crippen molar-refractivity contribution in [2.75, 3.05) is 6.54 Å². The zero-order chi connectivity index (χ0) is 12.3. The molecule has 2 heterocycles. The van der Waals surface area contributed by atoms with Crippen LogP contribution in [0.15, 0.2) is 28.2 Å². The van der Waals surface area contributed by atoms with Gasteiger partial charge in [-0.25, -0.2) is 0 Å². The van der Waals surface area contributed by atoms with Crippen LogP contribution in [0.3, 0.4) is 0 Å². The molecule has 1 unspecified atom stereocenters. The second kappa shape index (κ2) is 5.80. The van der Waals surface area contributed by atoms with E-state index in [9.17, 15) is 0 Å². The lowest BCUT2D eigenvalue weighted by molar-refractivity contribution is 0.530. The van der Waals surface area contributed by atoms with Gasteiger partial charge in [-0.2, -0.15) is 5.10 Å². The van der Waals surface area contributed by atoms with Crippen LogP contribution in [0.2, 0.25) is 0 Å². The van der Waals surface area contributed by atoms with E-state index < -0.39 is 0 Å². The number of hydrogen-bond donors (Lipinski definition) is 1. The smallest absolute Gasteiger partial charge is 0.0797 e. The van der Waals surface area contributed by atoms with E-state index >= 15 is 0 Å². The molecule has 0 radical (unpaired) electrons.